The highest BCUT2D eigenvalue weighted by Gasteiger charge is 2.16. The van der Waals surface area contributed by atoms with Gasteiger partial charge in [0.25, 0.3) is 0 Å². The van der Waals surface area contributed by atoms with Gasteiger partial charge in [0.2, 0.25) is 0 Å². The average molecular weight is 301 g/mol. The van der Waals surface area contributed by atoms with Gasteiger partial charge in [-0.15, -0.1) is 0 Å². The van der Waals surface area contributed by atoms with Crippen molar-refractivity contribution in [2.24, 2.45) is 0 Å². The van der Waals surface area contributed by atoms with Gasteiger partial charge in [0.05, 0.1) is 24.6 Å². The van der Waals surface area contributed by atoms with Crippen molar-refractivity contribution in [2.45, 2.75) is 13.0 Å². The highest BCUT2D eigenvalue weighted by molar-refractivity contribution is 5.99. The Kier molecular flexibility index (Phi) is 4.24. The molecule has 22 heavy (non-hydrogen) atoms. The van der Waals surface area contributed by atoms with Crippen LogP contribution in [0.25, 0.3) is 0 Å². The van der Waals surface area contributed by atoms with Gasteiger partial charge in [-0.3, -0.25) is 5.10 Å². The van der Waals surface area contributed by atoms with E-state index >= 15 is 0 Å². The summed E-state index contributed by atoms with van der Waals surface area (Å²) in [6.45, 7) is 4.59. The summed E-state index contributed by atoms with van der Waals surface area (Å²) >= 11 is 0. The number of benzene rings is 1. The molecule has 1 aliphatic rings. The lowest BCUT2D eigenvalue weighted by Crippen LogP contribution is -2.41. The van der Waals surface area contributed by atoms with E-state index in [4.69, 9.17) is 4.74 Å². The Morgan fingerprint density at radius 3 is 2.77 bits per heavy atom. The van der Waals surface area contributed by atoms with E-state index in [1.165, 1.54) is 0 Å². The standard InChI is InChI=1S/C15H19N5O2/c1-11-10-20(6-7-22-11)14-4-2-12(3-5-14)18-15(21)19-13-8-16-17-9-13/h2-5,8-9,11H,6-7,10H2,1H3,(H,16,17)(H2,18,19,21). The summed E-state index contributed by atoms with van der Waals surface area (Å²) in [6, 6.07) is 7.50. The number of hydrogen-bond acceptors (Lipinski definition) is 4. The van der Waals surface area contributed by atoms with Gasteiger partial charge in [0, 0.05) is 30.7 Å². The summed E-state index contributed by atoms with van der Waals surface area (Å²) in [4.78, 5) is 14.1. The molecule has 2 heterocycles. The highest BCUT2D eigenvalue weighted by Crippen LogP contribution is 2.20. The molecule has 1 unspecified atom stereocenters. The maximum Gasteiger partial charge on any atom is 0.323 e. The van der Waals surface area contributed by atoms with E-state index in [1.54, 1.807) is 12.4 Å². The van der Waals surface area contributed by atoms with Crippen LogP contribution in [0.1, 0.15) is 6.92 Å². The normalized spacial score (nSPS) is 18.0. The molecule has 1 atom stereocenters. The number of anilines is 3. The summed E-state index contributed by atoms with van der Waals surface area (Å²) in [6.07, 6.45) is 3.40. The number of aromatic nitrogens is 2. The molecule has 1 aromatic carbocycles. The third-order valence-electron chi connectivity index (χ3n) is 3.49. The van der Waals surface area contributed by atoms with Crippen LogP contribution in [0.4, 0.5) is 21.9 Å². The molecule has 1 saturated heterocycles. The first-order valence-corrected chi connectivity index (χ1v) is 7.24. The first kappa shape index (κ1) is 14.4. The van der Waals surface area contributed by atoms with Crippen LogP contribution in [-0.2, 0) is 4.74 Å². The number of urea groups is 1. The van der Waals surface area contributed by atoms with Crippen LogP contribution in [0.5, 0.6) is 0 Å². The second-order valence-electron chi connectivity index (χ2n) is 5.24. The first-order valence-electron chi connectivity index (χ1n) is 7.24. The zero-order valence-corrected chi connectivity index (χ0v) is 12.4. The summed E-state index contributed by atoms with van der Waals surface area (Å²) in [5.41, 5.74) is 2.50. The fourth-order valence-corrected chi connectivity index (χ4v) is 2.42. The molecule has 2 aromatic rings. The monoisotopic (exact) mass is 301 g/mol. The second kappa shape index (κ2) is 6.48. The number of nitrogens with one attached hydrogen (secondary N) is 3. The fraction of sp³-hybridized carbons (Fsp3) is 0.333. The quantitative estimate of drug-likeness (QED) is 0.812. The van der Waals surface area contributed by atoms with Crippen LogP contribution in [0.3, 0.4) is 0 Å². The van der Waals surface area contributed by atoms with E-state index < -0.39 is 0 Å². The van der Waals surface area contributed by atoms with Crippen LogP contribution in [0.15, 0.2) is 36.7 Å². The van der Waals surface area contributed by atoms with Gasteiger partial charge >= 0.3 is 6.03 Å². The number of aromatic amines is 1. The maximum absolute atomic E-state index is 11.8. The van der Waals surface area contributed by atoms with Crippen molar-refractivity contribution in [3.63, 3.8) is 0 Å². The third kappa shape index (κ3) is 3.56. The molecular formula is C15H19N5O2. The average Bonchev–Trinajstić information content (AvgIpc) is 3.01. The summed E-state index contributed by atoms with van der Waals surface area (Å²) in [5.74, 6) is 0. The smallest absolute Gasteiger partial charge is 0.323 e. The van der Waals surface area contributed by atoms with Crippen molar-refractivity contribution in [3.05, 3.63) is 36.7 Å². The van der Waals surface area contributed by atoms with Gasteiger partial charge in [-0.2, -0.15) is 5.10 Å². The second-order valence-corrected chi connectivity index (χ2v) is 5.24. The number of nitrogens with zero attached hydrogens (tertiary/aromatic N) is 2. The molecule has 7 nitrogen and oxygen atoms in total. The largest absolute Gasteiger partial charge is 0.375 e. The molecule has 1 aliphatic heterocycles. The van der Waals surface area contributed by atoms with E-state index in [2.05, 4.69) is 32.7 Å². The predicted molar refractivity (Wildman–Crippen MR) is 85.3 cm³/mol. The van der Waals surface area contributed by atoms with Gasteiger partial charge in [-0.05, 0) is 31.2 Å². The zero-order valence-electron chi connectivity index (χ0n) is 12.4. The molecule has 0 spiro atoms. The molecule has 7 heteroatoms. The number of amides is 2. The van der Waals surface area contributed by atoms with Gasteiger partial charge in [0.15, 0.2) is 0 Å². The minimum absolute atomic E-state index is 0.243. The topological polar surface area (TPSA) is 82.3 Å². The van der Waals surface area contributed by atoms with E-state index in [-0.39, 0.29) is 12.1 Å². The minimum atomic E-state index is -0.297. The summed E-state index contributed by atoms with van der Waals surface area (Å²) < 4.78 is 5.54. The van der Waals surface area contributed by atoms with Crippen molar-refractivity contribution < 1.29 is 9.53 Å². The van der Waals surface area contributed by atoms with Gasteiger partial charge in [-0.1, -0.05) is 0 Å². The Balaban J connectivity index is 1.58. The lowest BCUT2D eigenvalue weighted by atomic mass is 10.2. The molecule has 0 radical (unpaired) electrons. The molecule has 1 fully saturated rings. The molecule has 2 amide bonds. The van der Waals surface area contributed by atoms with E-state index in [1.807, 2.05) is 24.3 Å². The Morgan fingerprint density at radius 1 is 1.32 bits per heavy atom. The number of rotatable bonds is 3. The van der Waals surface area contributed by atoms with Gasteiger partial charge < -0.3 is 20.3 Å². The Morgan fingerprint density at radius 2 is 2.09 bits per heavy atom. The van der Waals surface area contributed by atoms with Crippen LogP contribution in [-0.4, -0.2) is 42.0 Å². The van der Waals surface area contributed by atoms with Gasteiger partial charge in [0.1, 0.15) is 0 Å². The highest BCUT2D eigenvalue weighted by atomic mass is 16.5. The summed E-state index contributed by atoms with van der Waals surface area (Å²) in [7, 11) is 0. The number of hydrogen-bond donors (Lipinski definition) is 3. The molecule has 0 aliphatic carbocycles. The van der Waals surface area contributed by atoms with Crippen LogP contribution in [0, 0.1) is 0 Å². The number of H-pyrrole nitrogens is 1. The van der Waals surface area contributed by atoms with Crippen molar-refractivity contribution in [1.82, 2.24) is 10.2 Å². The van der Waals surface area contributed by atoms with Crippen LogP contribution in [0.2, 0.25) is 0 Å². The molecule has 3 N–H and O–H groups in total. The molecule has 0 bridgehead atoms. The fourth-order valence-electron chi connectivity index (χ4n) is 2.42. The number of carbonyl (C=O) groups is 1. The van der Waals surface area contributed by atoms with Crippen molar-refractivity contribution in [3.8, 4) is 0 Å². The number of ether oxygens (including phenoxy) is 1. The Hall–Kier alpha value is -2.54. The summed E-state index contributed by atoms with van der Waals surface area (Å²) in [5, 5.41) is 11.9. The van der Waals surface area contributed by atoms with E-state index in [0.717, 1.165) is 31.1 Å². The lowest BCUT2D eigenvalue weighted by molar-refractivity contribution is 0.0532. The molecule has 0 saturated carbocycles. The Bertz CT molecular complexity index is 611. The van der Waals surface area contributed by atoms with Crippen LogP contribution >= 0.6 is 0 Å². The first-order chi connectivity index (χ1) is 10.7. The van der Waals surface area contributed by atoms with Gasteiger partial charge in [-0.25, -0.2) is 4.79 Å². The third-order valence-corrected chi connectivity index (χ3v) is 3.49. The Labute approximate surface area is 128 Å². The molecule has 3 rings (SSSR count). The predicted octanol–water partition coefficient (Wildman–Crippen LogP) is 2.28. The van der Waals surface area contributed by atoms with Crippen molar-refractivity contribution in [2.75, 3.05) is 35.2 Å². The van der Waals surface area contributed by atoms with E-state index in [0.29, 0.717) is 5.69 Å². The minimum Gasteiger partial charge on any atom is -0.375 e. The van der Waals surface area contributed by atoms with Crippen molar-refractivity contribution >= 4 is 23.1 Å². The molecular weight excluding hydrogens is 282 g/mol. The molecule has 1 aromatic heterocycles. The van der Waals surface area contributed by atoms with E-state index in [9.17, 15) is 4.79 Å². The maximum atomic E-state index is 11.8. The van der Waals surface area contributed by atoms with Crippen molar-refractivity contribution in [1.29, 1.82) is 0 Å². The SMILES string of the molecule is CC1CN(c2ccc(NC(=O)Nc3cn[nH]c3)cc2)CCO1. The lowest BCUT2D eigenvalue weighted by Gasteiger charge is -2.33. The number of carbonyl (C=O) groups excluding carboxylic acids is 1. The van der Waals surface area contributed by atoms with Crippen LogP contribution < -0.4 is 15.5 Å². The molecule has 116 valence electrons. The zero-order chi connectivity index (χ0) is 15.4. The number of morpholine rings is 1.